The molecule has 0 saturated heterocycles. The van der Waals surface area contributed by atoms with Crippen LogP contribution >= 0.6 is 0 Å². The predicted octanol–water partition coefficient (Wildman–Crippen LogP) is 2.46. The Bertz CT molecular complexity index is 704. The number of carbonyl (C=O) groups is 1. The van der Waals surface area contributed by atoms with E-state index in [4.69, 9.17) is 5.73 Å². The molecule has 0 radical (unpaired) electrons. The Morgan fingerprint density at radius 2 is 2.05 bits per heavy atom. The van der Waals surface area contributed by atoms with Gasteiger partial charge in [0, 0.05) is 16.3 Å². The minimum absolute atomic E-state index is 0.229. The number of nitrogens with one attached hydrogen (secondary N) is 1. The quantitative estimate of drug-likeness (QED) is 0.852. The molecule has 4 nitrogen and oxygen atoms in total. The number of benzene rings is 2. The van der Waals surface area contributed by atoms with E-state index in [1.807, 2.05) is 6.92 Å². The van der Waals surface area contributed by atoms with Gasteiger partial charge in [-0.3, -0.25) is 9.00 Å². The van der Waals surface area contributed by atoms with Crippen molar-refractivity contribution < 1.29 is 13.4 Å². The van der Waals surface area contributed by atoms with Crippen LogP contribution in [0.4, 0.5) is 15.8 Å². The fraction of sp³-hybridized carbons (Fsp3) is 0.133. The number of hydrogen-bond donors (Lipinski definition) is 2. The van der Waals surface area contributed by atoms with Crippen LogP contribution in [0, 0.1) is 12.7 Å². The van der Waals surface area contributed by atoms with Crippen LogP contribution < -0.4 is 11.1 Å². The lowest BCUT2D eigenvalue weighted by Crippen LogP contribution is -2.20. The number of carbonyl (C=O) groups excluding carboxylic acids is 1. The Labute approximate surface area is 124 Å². The van der Waals surface area contributed by atoms with Gasteiger partial charge in [0.2, 0.25) is 5.91 Å². The summed E-state index contributed by atoms with van der Waals surface area (Å²) in [5.74, 6) is -1.10. The van der Waals surface area contributed by atoms with E-state index in [9.17, 15) is 13.4 Å². The molecule has 3 N–H and O–H groups in total. The maximum absolute atomic E-state index is 13.1. The highest BCUT2D eigenvalue weighted by Crippen LogP contribution is 2.18. The molecule has 0 heterocycles. The molecule has 110 valence electrons. The number of nitrogens with two attached hydrogens (primary N) is 1. The fourth-order valence-corrected chi connectivity index (χ4v) is 2.78. The summed E-state index contributed by atoms with van der Waals surface area (Å²) >= 11 is 0. The molecule has 1 unspecified atom stereocenters. The molecule has 0 aliphatic carbocycles. The predicted molar refractivity (Wildman–Crippen MR) is 81.9 cm³/mol. The van der Waals surface area contributed by atoms with Crippen LogP contribution in [0.3, 0.4) is 0 Å². The molecule has 0 fully saturated rings. The summed E-state index contributed by atoms with van der Waals surface area (Å²) in [6.07, 6.45) is 0. The van der Waals surface area contributed by atoms with Gasteiger partial charge in [-0.2, -0.15) is 0 Å². The van der Waals surface area contributed by atoms with Gasteiger partial charge in [0.05, 0.1) is 10.8 Å². The van der Waals surface area contributed by atoms with E-state index in [-0.39, 0.29) is 5.75 Å². The van der Waals surface area contributed by atoms with Gasteiger partial charge in [-0.05, 0) is 48.9 Å². The zero-order valence-corrected chi connectivity index (χ0v) is 12.2. The lowest BCUT2D eigenvalue weighted by atomic mass is 10.2. The zero-order chi connectivity index (χ0) is 15.4. The van der Waals surface area contributed by atoms with E-state index in [0.29, 0.717) is 16.3 Å². The Morgan fingerprint density at radius 3 is 2.71 bits per heavy atom. The standard InChI is InChI=1S/C15H15FN2O2S/c1-10-7-12(17)5-6-14(10)18-15(19)9-21(20)13-4-2-3-11(16)8-13/h2-8H,9,17H2,1H3,(H,18,19). The van der Waals surface area contributed by atoms with Gasteiger partial charge in [0.1, 0.15) is 11.6 Å². The molecule has 21 heavy (non-hydrogen) atoms. The van der Waals surface area contributed by atoms with Crippen molar-refractivity contribution in [2.45, 2.75) is 11.8 Å². The second-order valence-corrected chi connectivity index (χ2v) is 6.02. The molecule has 0 spiro atoms. The summed E-state index contributed by atoms with van der Waals surface area (Å²) in [6.45, 7) is 1.81. The van der Waals surface area contributed by atoms with Crippen molar-refractivity contribution in [3.05, 3.63) is 53.8 Å². The van der Waals surface area contributed by atoms with Crippen molar-refractivity contribution in [2.75, 3.05) is 16.8 Å². The van der Waals surface area contributed by atoms with Crippen molar-refractivity contribution in [3.63, 3.8) is 0 Å². The van der Waals surface area contributed by atoms with Gasteiger partial charge in [-0.15, -0.1) is 0 Å². The van der Waals surface area contributed by atoms with E-state index >= 15 is 0 Å². The number of amides is 1. The second-order valence-electron chi connectivity index (χ2n) is 4.57. The molecule has 0 aromatic heterocycles. The molecule has 1 atom stereocenters. The molecular formula is C15H15FN2O2S. The summed E-state index contributed by atoms with van der Waals surface area (Å²) in [5.41, 5.74) is 7.67. The third-order valence-corrected chi connectivity index (χ3v) is 4.15. The number of hydrogen-bond acceptors (Lipinski definition) is 3. The van der Waals surface area contributed by atoms with E-state index in [2.05, 4.69) is 5.32 Å². The van der Waals surface area contributed by atoms with Crippen LogP contribution in [0.1, 0.15) is 5.56 Å². The highest BCUT2D eigenvalue weighted by molar-refractivity contribution is 7.85. The number of nitrogen functional groups attached to an aromatic ring is 1. The summed E-state index contributed by atoms with van der Waals surface area (Å²) in [7, 11) is -1.59. The van der Waals surface area contributed by atoms with Crippen LogP contribution in [0.2, 0.25) is 0 Å². The third kappa shape index (κ3) is 4.13. The highest BCUT2D eigenvalue weighted by Gasteiger charge is 2.12. The normalized spacial score (nSPS) is 11.9. The van der Waals surface area contributed by atoms with Crippen molar-refractivity contribution in [3.8, 4) is 0 Å². The first-order chi connectivity index (χ1) is 9.95. The van der Waals surface area contributed by atoms with Gasteiger partial charge in [-0.1, -0.05) is 6.07 Å². The molecular weight excluding hydrogens is 291 g/mol. The maximum Gasteiger partial charge on any atom is 0.237 e. The SMILES string of the molecule is Cc1cc(N)ccc1NC(=O)CS(=O)c1cccc(F)c1. The van der Waals surface area contributed by atoms with Crippen molar-refractivity contribution in [1.29, 1.82) is 0 Å². The first-order valence-electron chi connectivity index (χ1n) is 6.25. The summed E-state index contributed by atoms with van der Waals surface area (Å²) in [4.78, 5) is 12.2. The molecule has 1 amide bonds. The second kappa shape index (κ2) is 6.49. The summed E-state index contributed by atoms with van der Waals surface area (Å²) in [6, 6.07) is 10.5. The minimum Gasteiger partial charge on any atom is -0.399 e. The highest BCUT2D eigenvalue weighted by atomic mass is 32.2. The zero-order valence-electron chi connectivity index (χ0n) is 11.4. The number of anilines is 2. The van der Waals surface area contributed by atoms with E-state index in [0.717, 1.165) is 11.6 Å². The largest absolute Gasteiger partial charge is 0.399 e. The van der Waals surface area contributed by atoms with Crippen LogP contribution in [0.15, 0.2) is 47.4 Å². The topological polar surface area (TPSA) is 72.2 Å². The average Bonchev–Trinajstić information content (AvgIpc) is 2.42. The van der Waals surface area contributed by atoms with Gasteiger partial charge >= 0.3 is 0 Å². The minimum atomic E-state index is -1.59. The van der Waals surface area contributed by atoms with Crippen molar-refractivity contribution >= 4 is 28.1 Å². The first-order valence-corrected chi connectivity index (χ1v) is 7.57. The van der Waals surface area contributed by atoms with Gasteiger partial charge < -0.3 is 11.1 Å². The molecule has 0 saturated carbocycles. The van der Waals surface area contributed by atoms with Gasteiger partial charge in [-0.25, -0.2) is 4.39 Å². The number of halogens is 1. The molecule has 6 heteroatoms. The molecule has 0 aliphatic heterocycles. The Hall–Kier alpha value is -2.21. The number of aryl methyl sites for hydroxylation is 1. The molecule has 0 aliphatic rings. The van der Waals surface area contributed by atoms with E-state index in [1.54, 1.807) is 18.2 Å². The summed E-state index contributed by atoms with van der Waals surface area (Å²) < 4.78 is 25.1. The van der Waals surface area contributed by atoms with Crippen LogP contribution in [0.25, 0.3) is 0 Å². The molecule has 2 aromatic rings. The third-order valence-electron chi connectivity index (χ3n) is 2.85. The van der Waals surface area contributed by atoms with Gasteiger partial charge in [0.25, 0.3) is 0 Å². The molecule has 2 aromatic carbocycles. The van der Waals surface area contributed by atoms with E-state index in [1.165, 1.54) is 18.2 Å². The smallest absolute Gasteiger partial charge is 0.237 e. The maximum atomic E-state index is 13.1. The lowest BCUT2D eigenvalue weighted by molar-refractivity contribution is -0.113. The Balaban J connectivity index is 2.03. The number of rotatable bonds is 4. The van der Waals surface area contributed by atoms with Crippen LogP contribution in [0.5, 0.6) is 0 Å². The fourth-order valence-electron chi connectivity index (χ4n) is 1.82. The Kier molecular flexibility index (Phi) is 4.70. The molecule has 0 bridgehead atoms. The monoisotopic (exact) mass is 306 g/mol. The van der Waals surface area contributed by atoms with E-state index < -0.39 is 22.5 Å². The van der Waals surface area contributed by atoms with Gasteiger partial charge in [0.15, 0.2) is 0 Å². The van der Waals surface area contributed by atoms with Crippen LogP contribution in [-0.4, -0.2) is 15.9 Å². The lowest BCUT2D eigenvalue weighted by Gasteiger charge is -2.09. The van der Waals surface area contributed by atoms with Crippen LogP contribution in [-0.2, 0) is 15.6 Å². The average molecular weight is 306 g/mol. The van der Waals surface area contributed by atoms with Crippen molar-refractivity contribution in [1.82, 2.24) is 0 Å². The molecule has 2 rings (SSSR count). The first kappa shape index (κ1) is 15.2. The van der Waals surface area contributed by atoms with Crippen molar-refractivity contribution in [2.24, 2.45) is 0 Å². The summed E-state index contributed by atoms with van der Waals surface area (Å²) in [5, 5.41) is 2.67. The Morgan fingerprint density at radius 1 is 1.29 bits per heavy atom.